The van der Waals surface area contributed by atoms with Gasteiger partial charge in [0.25, 0.3) is 0 Å². The largest absolute Gasteiger partial charge is 0.472 e. The van der Waals surface area contributed by atoms with Crippen molar-refractivity contribution in [3.63, 3.8) is 0 Å². The number of carbonyl (C=O) groups excluding carboxylic acids is 4. The summed E-state index contributed by atoms with van der Waals surface area (Å²) < 4.78 is 68.4. The van der Waals surface area contributed by atoms with Gasteiger partial charge in [-0.15, -0.1) is 0 Å². The van der Waals surface area contributed by atoms with Crippen LogP contribution >= 0.6 is 15.6 Å². The van der Waals surface area contributed by atoms with Crippen LogP contribution in [0.2, 0.25) is 0 Å². The number of aliphatic hydroxyl groups is 1. The zero-order chi connectivity index (χ0) is 70.7. The maximum atomic E-state index is 13.1. The summed E-state index contributed by atoms with van der Waals surface area (Å²) in [5.74, 6) is -0.553. The molecule has 0 spiro atoms. The van der Waals surface area contributed by atoms with Gasteiger partial charge in [-0.25, -0.2) is 9.13 Å². The van der Waals surface area contributed by atoms with Crippen LogP contribution in [-0.2, 0) is 65.4 Å². The van der Waals surface area contributed by atoms with E-state index in [1.165, 1.54) is 205 Å². The van der Waals surface area contributed by atoms with Crippen LogP contribution in [0.15, 0.2) is 0 Å². The summed E-state index contributed by atoms with van der Waals surface area (Å²) in [6.45, 7) is 9.56. The smallest absolute Gasteiger partial charge is 0.462 e. The molecule has 0 aromatic rings. The van der Waals surface area contributed by atoms with Gasteiger partial charge < -0.3 is 33.8 Å². The lowest BCUT2D eigenvalue weighted by atomic mass is 9.99. The van der Waals surface area contributed by atoms with Gasteiger partial charge in [-0.05, 0) is 37.5 Å². The van der Waals surface area contributed by atoms with Crippen molar-refractivity contribution in [2.24, 2.45) is 11.8 Å². The monoisotopic (exact) mass is 1410 g/mol. The molecule has 0 aromatic heterocycles. The van der Waals surface area contributed by atoms with Gasteiger partial charge in [-0.1, -0.05) is 350 Å². The Morgan fingerprint density at radius 2 is 0.500 bits per heavy atom. The Labute approximate surface area is 588 Å². The highest BCUT2D eigenvalue weighted by atomic mass is 31.2. The fourth-order valence-corrected chi connectivity index (χ4v) is 13.3. The van der Waals surface area contributed by atoms with Crippen LogP contribution in [0, 0.1) is 11.8 Å². The number of phosphoric acid groups is 2. The molecule has 0 amide bonds. The van der Waals surface area contributed by atoms with Gasteiger partial charge in [0.15, 0.2) is 12.2 Å². The molecule has 0 radical (unpaired) electrons. The number of ether oxygens (including phenoxy) is 4. The second-order valence-corrected chi connectivity index (χ2v) is 31.1. The summed E-state index contributed by atoms with van der Waals surface area (Å²) in [7, 11) is -9.91. The summed E-state index contributed by atoms with van der Waals surface area (Å²) in [6.07, 6.45) is 57.2. The standard InChI is InChI=1S/C77H150O17P2/c1-7-11-13-15-17-18-19-20-21-22-23-24-25-26-27-32-35-38-42-49-55-61-76(81)93-72(66-88-75(80)60-54-48-41-37-34-31-29-28-30-33-36-40-45-51-57-69(5)9-3)67-91-95(83,84)89-63-71(78)64-90-96(85,86)92-68-73(65-87-74(79)59-53-47-39-16-14-12-8-2)94-77(82)62-56-50-44-43-46-52-58-70(6)10-4/h69-73,78H,7-68H2,1-6H3,(H,83,84)(H,85,86)/t69?,70?,71-,72-,73-/m1/s1. The van der Waals surface area contributed by atoms with E-state index in [4.69, 9.17) is 37.0 Å². The maximum Gasteiger partial charge on any atom is 0.472 e. The number of phosphoric ester groups is 2. The van der Waals surface area contributed by atoms with Gasteiger partial charge in [0.2, 0.25) is 0 Å². The normalized spacial score (nSPS) is 14.6. The molecule has 0 saturated heterocycles. The first kappa shape index (κ1) is 94.1. The quantitative estimate of drug-likeness (QED) is 0.0222. The van der Waals surface area contributed by atoms with Crippen molar-refractivity contribution < 1.29 is 80.2 Å². The Morgan fingerprint density at radius 1 is 0.292 bits per heavy atom. The van der Waals surface area contributed by atoms with E-state index in [1.807, 2.05) is 0 Å². The number of carbonyl (C=O) groups is 4. The highest BCUT2D eigenvalue weighted by Crippen LogP contribution is 2.45. The fourth-order valence-electron chi connectivity index (χ4n) is 11.8. The van der Waals surface area contributed by atoms with Crippen LogP contribution in [0.3, 0.4) is 0 Å². The van der Waals surface area contributed by atoms with E-state index in [9.17, 15) is 43.2 Å². The van der Waals surface area contributed by atoms with E-state index in [2.05, 4.69) is 41.5 Å². The molecule has 0 aliphatic rings. The van der Waals surface area contributed by atoms with Gasteiger partial charge in [0.1, 0.15) is 19.3 Å². The van der Waals surface area contributed by atoms with Gasteiger partial charge >= 0.3 is 39.5 Å². The molecule has 3 N–H and O–H groups in total. The van der Waals surface area contributed by atoms with Gasteiger partial charge in [0.05, 0.1) is 26.4 Å². The van der Waals surface area contributed by atoms with Crippen molar-refractivity contribution in [2.75, 3.05) is 39.6 Å². The summed E-state index contributed by atoms with van der Waals surface area (Å²) in [4.78, 5) is 72.6. The minimum atomic E-state index is -4.96. The number of hydrogen-bond acceptors (Lipinski definition) is 15. The van der Waals surface area contributed by atoms with Crippen LogP contribution in [0.1, 0.15) is 401 Å². The van der Waals surface area contributed by atoms with Crippen LogP contribution in [0.4, 0.5) is 0 Å². The van der Waals surface area contributed by atoms with E-state index in [1.54, 1.807) is 0 Å². The van der Waals surface area contributed by atoms with E-state index >= 15 is 0 Å². The minimum absolute atomic E-state index is 0.103. The lowest BCUT2D eigenvalue weighted by Gasteiger charge is -2.21. The Balaban J connectivity index is 5.16. The highest BCUT2D eigenvalue weighted by molar-refractivity contribution is 7.47. The lowest BCUT2D eigenvalue weighted by Crippen LogP contribution is -2.30. The first-order valence-electron chi connectivity index (χ1n) is 40.1. The second-order valence-electron chi connectivity index (χ2n) is 28.2. The molecule has 0 bridgehead atoms. The van der Waals surface area contributed by atoms with Crippen LogP contribution in [-0.4, -0.2) is 96.7 Å². The molecule has 0 aromatic carbocycles. The third kappa shape index (κ3) is 67.9. The number of hydrogen-bond donors (Lipinski definition) is 3. The van der Waals surface area contributed by atoms with E-state index in [-0.39, 0.29) is 25.7 Å². The molecule has 0 heterocycles. The Bertz CT molecular complexity index is 1860. The number of esters is 4. The van der Waals surface area contributed by atoms with Crippen molar-refractivity contribution in [3.05, 3.63) is 0 Å². The Morgan fingerprint density at radius 3 is 0.740 bits per heavy atom. The predicted molar refractivity (Wildman–Crippen MR) is 391 cm³/mol. The predicted octanol–water partition coefficient (Wildman–Crippen LogP) is 22.7. The van der Waals surface area contributed by atoms with Gasteiger partial charge in [0, 0.05) is 25.7 Å². The van der Waals surface area contributed by atoms with Crippen molar-refractivity contribution in [3.8, 4) is 0 Å². The third-order valence-electron chi connectivity index (χ3n) is 18.7. The van der Waals surface area contributed by atoms with Crippen LogP contribution < -0.4 is 0 Å². The molecular weight excluding hydrogens is 1260 g/mol. The average molecular weight is 1410 g/mol. The highest BCUT2D eigenvalue weighted by Gasteiger charge is 2.30. The molecule has 4 unspecified atom stereocenters. The van der Waals surface area contributed by atoms with E-state index in [0.29, 0.717) is 25.7 Å². The zero-order valence-electron chi connectivity index (χ0n) is 62.7. The van der Waals surface area contributed by atoms with Crippen molar-refractivity contribution >= 4 is 39.5 Å². The van der Waals surface area contributed by atoms with Crippen molar-refractivity contribution in [1.82, 2.24) is 0 Å². The molecular formula is C77H150O17P2. The third-order valence-corrected chi connectivity index (χ3v) is 20.6. The van der Waals surface area contributed by atoms with Gasteiger partial charge in [-0.2, -0.15) is 0 Å². The number of rotatable bonds is 76. The molecule has 0 saturated carbocycles. The molecule has 0 fully saturated rings. The average Bonchev–Trinajstić information content (AvgIpc) is 2.19. The number of unbranched alkanes of at least 4 members (excludes halogenated alkanes) is 44. The first-order chi connectivity index (χ1) is 46.4. The zero-order valence-corrected chi connectivity index (χ0v) is 64.5. The summed E-state index contributed by atoms with van der Waals surface area (Å²) in [5, 5.41) is 10.6. The summed E-state index contributed by atoms with van der Waals surface area (Å²) in [6, 6.07) is 0. The second kappa shape index (κ2) is 68.8. The molecule has 570 valence electrons. The molecule has 19 heteroatoms. The molecule has 17 nitrogen and oxygen atoms in total. The molecule has 0 aliphatic heterocycles. The Hall–Kier alpha value is -1.94. The SMILES string of the molecule is CCCCCCCCCCCCCCCCCCCCCCCC(=O)O[C@H](COC(=O)CCCCCCCCCCCCCCCCC(C)CC)COP(=O)(O)OC[C@@H](O)COP(=O)(O)OC[C@@H](COC(=O)CCCCCCCCC)OC(=O)CCCCCCCCC(C)CC. The van der Waals surface area contributed by atoms with Crippen molar-refractivity contribution in [1.29, 1.82) is 0 Å². The molecule has 0 rings (SSSR count). The first-order valence-corrected chi connectivity index (χ1v) is 43.1. The summed E-state index contributed by atoms with van der Waals surface area (Å²) >= 11 is 0. The molecule has 96 heavy (non-hydrogen) atoms. The van der Waals surface area contributed by atoms with Crippen molar-refractivity contribution in [2.45, 2.75) is 419 Å². The van der Waals surface area contributed by atoms with Crippen LogP contribution in [0.5, 0.6) is 0 Å². The minimum Gasteiger partial charge on any atom is -0.462 e. The Kier molecular flexibility index (Phi) is 67.4. The molecule has 7 atom stereocenters. The lowest BCUT2D eigenvalue weighted by molar-refractivity contribution is -0.161. The molecule has 0 aliphatic carbocycles. The van der Waals surface area contributed by atoms with Crippen LogP contribution in [0.25, 0.3) is 0 Å². The van der Waals surface area contributed by atoms with E-state index in [0.717, 1.165) is 115 Å². The maximum absolute atomic E-state index is 13.1. The topological polar surface area (TPSA) is 237 Å². The fraction of sp³-hybridized carbons (Fsp3) is 0.948. The van der Waals surface area contributed by atoms with Gasteiger partial charge in [-0.3, -0.25) is 37.3 Å². The number of aliphatic hydroxyl groups excluding tert-OH is 1. The van der Waals surface area contributed by atoms with E-state index < -0.39 is 97.5 Å². The summed E-state index contributed by atoms with van der Waals surface area (Å²) in [5.41, 5.74) is 0.